The van der Waals surface area contributed by atoms with Gasteiger partial charge in [0.25, 0.3) is 0 Å². The maximum atomic E-state index is 5.99. The van der Waals surface area contributed by atoms with E-state index in [1.54, 1.807) is 30.6 Å². The van der Waals surface area contributed by atoms with Crippen LogP contribution >= 0.6 is 22.9 Å². The first kappa shape index (κ1) is 13.2. The Bertz CT molecular complexity index is 489. The van der Waals surface area contributed by atoms with Gasteiger partial charge in [0.05, 0.1) is 7.11 Å². The summed E-state index contributed by atoms with van der Waals surface area (Å²) >= 11 is 7.64. The number of hydrogen-bond donors (Lipinski definition) is 1. The number of rotatable bonds is 5. The molecule has 3 nitrogen and oxygen atoms in total. The number of benzene rings is 1. The highest BCUT2D eigenvalue weighted by atomic mass is 35.5. The van der Waals surface area contributed by atoms with Crippen LogP contribution in [0.25, 0.3) is 0 Å². The first-order valence-corrected chi connectivity index (χ1v) is 6.72. The Kier molecular flexibility index (Phi) is 4.47. The third-order valence-electron chi connectivity index (χ3n) is 2.48. The Morgan fingerprint density at radius 3 is 2.83 bits per heavy atom. The number of halogens is 1. The van der Waals surface area contributed by atoms with Gasteiger partial charge in [0.15, 0.2) is 11.5 Å². The summed E-state index contributed by atoms with van der Waals surface area (Å²) in [6, 6.07) is 7.54. The molecule has 96 valence electrons. The molecule has 0 saturated carbocycles. The lowest BCUT2D eigenvalue weighted by Crippen LogP contribution is -2.04. The Morgan fingerprint density at radius 1 is 1.39 bits per heavy atom. The fraction of sp³-hybridized carbons (Fsp3) is 0.231. The fourth-order valence-electron chi connectivity index (χ4n) is 1.63. The minimum absolute atomic E-state index is 0.358. The molecule has 1 aromatic carbocycles. The van der Waals surface area contributed by atoms with E-state index in [0.717, 1.165) is 10.4 Å². The SMILES string of the molecule is COc1cc(Cl)cc(CN)c1OCc1cccs1. The van der Waals surface area contributed by atoms with E-state index < -0.39 is 0 Å². The van der Waals surface area contributed by atoms with E-state index in [0.29, 0.717) is 29.7 Å². The van der Waals surface area contributed by atoms with Crippen LogP contribution in [-0.2, 0) is 13.2 Å². The van der Waals surface area contributed by atoms with E-state index in [9.17, 15) is 0 Å². The largest absolute Gasteiger partial charge is 0.493 e. The van der Waals surface area contributed by atoms with Gasteiger partial charge in [-0.3, -0.25) is 0 Å². The van der Waals surface area contributed by atoms with Gasteiger partial charge in [0.2, 0.25) is 0 Å². The molecule has 2 N–H and O–H groups in total. The number of nitrogens with two attached hydrogens (primary N) is 1. The van der Waals surface area contributed by atoms with Crippen LogP contribution in [0.4, 0.5) is 0 Å². The molecule has 0 unspecified atom stereocenters. The maximum Gasteiger partial charge on any atom is 0.166 e. The van der Waals surface area contributed by atoms with Gasteiger partial charge in [-0.1, -0.05) is 17.7 Å². The summed E-state index contributed by atoms with van der Waals surface area (Å²) in [6.45, 7) is 0.860. The Balaban J connectivity index is 2.24. The van der Waals surface area contributed by atoms with Gasteiger partial charge >= 0.3 is 0 Å². The molecule has 0 saturated heterocycles. The summed E-state index contributed by atoms with van der Waals surface area (Å²) in [5.74, 6) is 1.28. The van der Waals surface area contributed by atoms with Gasteiger partial charge in [0, 0.05) is 28.1 Å². The van der Waals surface area contributed by atoms with E-state index in [4.69, 9.17) is 26.8 Å². The second-order valence-electron chi connectivity index (χ2n) is 3.67. The predicted octanol–water partition coefficient (Wildman–Crippen LogP) is 3.45. The number of methoxy groups -OCH3 is 1. The molecule has 0 amide bonds. The number of thiophene rings is 1. The molecule has 0 aliphatic rings. The third-order valence-corrected chi connectivity index (χ3v) is 3.54. The number of hydrogen-bond acceptors (Lipinski definition) is 4. The maximum absolute atomic E-state index is 5.99. The first-order chi connectivity index (χ1) is 8.74. The van der Waals surface area contributed by atoms with Crippen molar-refractivity contribution in [2.45, 2.75) is 13.2 Å². The van der Waals surface area contributed by atoms with Crippen LogP contribution in [0.5, 0.6) is 11.5 Å². The topological polar surface area (TPSA) is 44.5 Å². The normalized spacial score (nSPS) is 10.4. The Hall–Kier alpha value is -1.23. The lowest BCUT2D eigenvalue weighted by atomic mass is 10.2. The van der Waals surface area contributed by atoms with Crippen molar-refractivity contribution >= 4 is 22.9 Å². The van der Waals surface area contributed by atoms with Crippen LogP contribution < -0.4 is 15.2 Å². The van der Waals surface area contributed by atoms with Crippen molar-refractivity contribution in [3.8, 4) is 11.5 Å². The molecular weight excluding hydrogens is 270 g/mol. The van der Waals surface area contributed by atoms with E-state index in [2.05, 4.69) is 0 Å². The summed E-state index contributed by atoms with van der Waals surface area (Å²) in [4.78, 5) is 1.15. The van der Waals surface area contributed by atoms with Gasteiger partial charge < -0.3 is 15.2 Å². The molecule has 1 aromatic heterocycles. The molecule has 18 heavy (non-hydrogen) atoms. The molecule has 0 bridgehead atoms. The summed E-state index contributed by atoms with van der Waals surface area (Å²) < 4.78 is 11.1. The van der Waals surface area contributed by atoms with Crippen molar-refractivity contribution in [3.63, 3.8) is 0 Å². The Morgan fingerprint density at radius 2 is 2.22 bits per heavy atom. The van der Waals surface area contributed by atoms with E-state index in [1.807, 2.05) is 17.5 Å². The number of ether oxygens (including phenoxy) is 2. The molecule has 0 radical (unpaired) electrons. The lowest BCUT2D eigenvalue weighted by Gasteiger charge is -2.14. The quantitative estimate of drug-likeness (QED) is 0.914. The zero-order chi connectivity index (χ0) is 13.0. The molecule has 0 atom stereocenters. The minimum Gasteiger partial charge on any atom is -0.493 e. The van der Waals surface area contributed by atoms with Crippen molar-refractivity contribution < 1.29 is 9.47 Å². The molecule has 5 heteroatoms. The zero-order valence-electron chi connectivity index (χ0n) is 9.98. The van der Waals surface area contributed by atoms with E-state index in [-0.39, 0.29) is 0 Å². The summed E-state index contributed by atoms with van der Waals surface area (Å²) in [5.41, 5.74) is 6.54. The molecule has 0 spiro atoms. The van der Waals surface area contributed by atoms with Crippen molar-refractivity contribution in [2.24, 2.45) is 5.73 Å². The van der Waals surface area contributed by atoms with Crippen LogP contribution in [0.3, 0.4) is 0 Å². The fourth-order valence-corrected chi connectivity index (χ4v) is 2.47. The highest BCUT2D eigenvalue weighted by Gasteiger charge is 2.12. The average molecular weight is 284 g/mol. The summed E-state index contributed by atoms with van der Waals surface area (Å²) in [7, 11) is 1.59. The molecular formula is C13H14ClNO2S. The molecule has 0 aliphatic heterocycles. The zero-order valence-corrected chi connectivity index (χ0v) is 11.6. The van der Waals surface area contributed by atoms with Crippen LogP contribution in [0, 0.1) is 0 Å². The van der Waals surface area contributed by atoms with Gasteiger partial charge in [-0.15, -0.1) is 11.3 Å². The third kappa shape index (κ3) is 2.96. The molecule has 2 aromatic rings. The van der Waals surface area contributed by atoms with Gasteiger partial charge in [-0.25, -0.2) is 0 Å². The molecule has 0 fully saturated rings. The first-order valence-electron chi connectivity index (χ1n) is 5.46. The van der Waals surface area contributed by atoms with Crippen LogP contribution in [0.15, 0.2) is 29.6 Å². The van der Waals surface area contributed by atoms with E-state index >= 15 is 0 Å². The van der Waals surface area contributed by atoms with Crippen molar-refractivity contribution in [3.05, 3.63) is 45.1 Å². The lowest BCUT2D eigenvalue weighted by molar-refractivity contribution is 0.284. The van der Waals surface area contributed by atoms with Gasteiger partial charge in [0.1, 0.15) is 6.61 Å². The van der Waals surface area contributed by atoms with Gasteiger partial charge in [-0.05, 0) is 17.5 Å². The van der Waals surface area contributed by atoms with Crippen molar-refractivity contribution in [1.82, 2.24) is 0 Å². The van der Waals surface area contributed by atoms with Crippen molar-refractivity contribution in [1.29, 1.82) is 0 Å². The highest BCUT2D eigenvalue weighted by molar-refractivity contribution is 7.09. The standard InChI is InChI=1S/C13H14ClNO2S/c1-16-12-6-10(14)5-9(7-15)13(12)17-8-11-3-2-4-18-11/h2-6H,7-8,15H2,1H3. The Labute approximate surface area is 115 Å². The van der Waals surface area contributed by atoms with E-state index in [1.165, 1.54) is 0 Å². The molecule has 1 heterocycles. The van der Waals surface area contributed by atoms with Gasteiger partial charge in [-0.2, -0.15) is 0 Å². The predicted molar refractivity (Wildman–Crippen MR) is 74.5 cm³/mol. The smallest absolute Gasteiger partial charge is 0.166 e. The summed E-state index contributed by atoms with van der Waals surface area (Å²) in [5, 5.41) is 2.61. The molecule has 0 aliphatic carbocycles. The highest BCUT2D eigenvalue weighted by Crippen LogP contribution is 2.35. The average Bonchev–Trinajstić information content (AvgIpc) is 2.89. The van der Waals surface area contributed by atoms with Crippen LogP contribution in [0.2, 0.25) is 5.02 Å². The second kappa shape index (κ2) is 6.09. The summed E-state index contributed by atoms with van der Waals surface area (Å²) in [6.07, 6.45) is 0. The monoisotopic (exact) mass is 283 g/mol. The minimum atomic E-state index is 0.358. The second-order valence-corrected chi connectivity index (χ2v) is 5.14. The van der Waals surface area contributed by atoms with Crippen LogP contribution in [-0.4, -0.2) is 7.11 Å². The molecule has 2 rings (SSSR count). The van der Waals surface area contributed by atoms with Crippen molar-refractivity contribution in [2.75, 3.05) is 7.11 Å². The van der Waals surface area contributed by atoms with Crippen LogP contribution in [0.1, 0.15) is 10.4 Å².